The van der Waals surface area contributed by atoms with Crippen molar-refractivity contribution < 1.29 is 0 Å². The zero-order chi connectivity index (χ0) is 8.36. The van der Waals surface area contributed by atoms with Crippen molar-refractivity contribution in [2.75, 3.05) is 5.33 Å². The Morgan fingerprint density at radius 3 is 2.27 bits per heavy atom. The first-order chi connectivity index (χ1) is 5.41. The molecule has 1 heteroatoms. The molecule has 0 unspecified atom stereocenters. The highest BCUT2D eigenvalue weighted by molar-refractivity contribution is 9.09. The highest BCUT2D eigenvalue weighted by Crippen LogP contribution is 1.95. The first-order valence-electron chi connectivity index (χ1n) is 4.29. The van der Waals surface area contributed by atoms with Crippen LogP contribution in [0.2, 0.25) is 0 Å². The van der Waals surface area contributed by atoms with E-state index in [-0.39, 0.29) is 0 Å². The molecule has 0 fully saturated rings. The van der Waals surface area contributed by atoms with E-state index in [0.29, 0.717) is 0 Å². The first-order valence-corrected chi connectivity index (χ1v) is 5.41. The minimum atomic E-state index is 1.06. The van der Waals surface area contributed by atoms with Crippen LogP contribution < -0.4 is 0 Å². The third-order valence-corrected chi connectivity index (χ3v) is 1.84. The summed E-state index contributed by atoms with van der Waals surface area (Å²) in [5.74, 6) is 0. The molecule has 0 aliphatic rings. The second-order valence-corrected chi connectivity index (χ2v) is 3.27. The average molecular weight is 217 g/mol. The number of rotatable bonds is 6. The molecule has 0 spiro atoms. The lowest BCUT2D eigenvalue weighted by molar-refractivity contribution is 0.815. The lowest BCUT2D eigenvalue weighted by Gasteiger charge is -1.85. The first kappa shape index (κ1) is 11.0. The second-order valence-electron chi connectivity index (χ2n) is 2.48. The Morgan fingerprint density at radius 2 is 1.73 bits per heavy atom. The SMILES string of the molecule is CCCCC=CC=CCCBr. The molecule has 0 aliphatic carbocycles. The van der Waals surface area contributed by atoms with Crippen molar-refractivity contribution in [3.8, 4) is 0 Å². The molecular weight excluding hydrogens is 200 g/mol. The Morgan fingerprint density at radius 1 is 1.09 bits per heavy atom. The predicted molar refractivity (Wildman–Crippen MR) is 56.2 cm³/mol. The maximum atomic E-state index is 3.37. The number of allylic oxidation sites excluding steroid dienone is 4. The molecule has 11 heavy (non-hydrogen) atoms. The fourth-order valence-corrected chi connectivity index (χ4v) is 0.999. The van der Waals surface area contributed by atoms with Crippen LogP contribution in [0, 0.1) is 0 Å². The Kier molecular flexibility index (Phi) is 9.92. The molecule has 0 amide bonds. The van der Waals surface area contributed by atoms with Gasteiger partial charge in [-0.1, -0.05) is 60.0 Å². The van der Waals surface area contributed by atoms with Crippen LogP contribution in [-0.4, -0.2) is 5.33 Å². The molecular formula is C10H17Br. The number of unbranched alkanes of at least 4 members (excludes halogenated alkanes) is 2. The summed E-state index contributed by atoms with van der Waals surface area (Å²) in [5, 5.41) is 1.06. The van der Waals surface area contributed by atoms with E-state index in [0.717, 1.165) is 11.8 Å². The van der Waals surface area contributed by atoms with Gasteiger partial charge in [-0.2, -0.15) is 0 Å². The third-order valence-electron chi connectivity index (χ3n) is 1.38. The molecule has 0 saturated heterocycles. The van der Waals surface area contributed by atoms with Crippen molar-refractivity contribution in [1.29, 1.82) is 0 Å². The molecule has 0 atom stereocenters. The fourth-order valence-electron chi connectivity index (χ4n) is 0.735. The summed E-state index contributed by atoms with van der Waals surface area (Å²) in [7, 11) is 0. The van der Waals surface area contributed by atoms with Gasteiger partial charge in [-0.25, -0.2) is 0 Å². The zero-order valence-corrected chi connectivity index (χ0v) is 8.81. The smallest absolute Gasteiger partial charge is 0.00660 e. The zero-order valence-electron chi connectivity index (χ0n) is 7.22. The van der Waals surface area contributed by atoms with Crippen LogP contribution in [0.1, 0.15) is 32.6 Å². The minimum absolute atomic E-state index is 1.06. The minimum Gasteiger partial charge on any atom is -0.0925 e. The fraction of sp³-hybridized carbons (Fsp3) is 0.600. The van der Waals surface area contributed by atoms with Crippen LogP contribution in [0.3, 0.4) is 0 Å². The Balaban J connectivity index is 3.14. The van der Waals surface area contributed by atoms with Gasteiger partial charge in [-0.05, 0) is 12.8 Å². The number of hydrogen-bond donors (Lipinski definition) is 0. The van der Waals surface area contributed by atoms with Crippen molar-refractivity contribution in [1.82, 2.24) is 0 Å². The molecule has 0 rings (SSSR count). The second kappa shape index (κ2) is 9.96. The lowest BCUT2D eigenvalue weighted by atomic mass is 10.2. The van der Waals surface area contributed by atoms with Crippen molar-refractivity contribution in [3.05, 3.63) is 24.3 Å². The highest BCUT2D eigenvalue weighted by Gasteiger charge is 1.75. The summed E-state index contributed by atoms with van der Waals surface area (Å²) in [5.41, 5.74) is 0. The van der Waals surface area contributed by atoms with Gasteiger partial charge in [-0.3, -0.25) is 0 Å². The van der Waals surface area contributed by atoms with Crippen LogP contribution >= 0.6 is 15.9 Å². The summed E-state index contributed by atoms with van der Waals surface area (Å²) in [6.07, 6.45) is 13.6. The van der Waals surface area contributed by atoms with E-state index in [1.54, 1.807) is 0 Å². The van der Waals surface area contributed by atoms with Gasteiger partial charge in [-0.15, -0.1) is 0 Å². The monoisotopic (exact) mass is 216 g/mol. The van der Waals surface area contributed by atoms with Gasteiger partial charge in [0.15, 0.2) is 0 Å². The molecule has 0 radical (unpaired) electrons. The van der Waals surface area contributed by atoms with Crippen molar-refractivity contribution in [2.24, 2.45) is 0 Å². The Labute approximate surface area is 78.5 Å². The van der Waals surface area contributed by atoms with E-state index in [2.05, 4.69) is 47.2 Å². The van der Waals surface area contributed by atoms with Crippen LogP contribution in [0.25, 0.3) is 0 Å². The summed E-state index contributed by atoms with van der Waals surface area (Å²) >= 11 is 3.37. The summed E-state index contributed by atoms with van der Waals surface area (Å²) in [6.45, 7) is 2.22. The van der Waals surface area contributed by atoms with Gasteiger partial charge in [0.2, 0.25) is 0 Å². The maximum absolute atomic E-state index is 3.37. The normalized spacial score (nSPS) is 11.8. The van der Waals surface area contributed by atoms with E-state index < -0.39 is 0 Å². The number of hydrogen-bond acceptors (Lipinski definition) is 0. The van der Waals surface area contributed by atoms with Gasteiger partial charge >= 0.3 is 0 Å². The topological polar surface area (TPSA) is 0 Å². The molecule has 0 bridgehead atoms. The van der Waals surface area contributed by atoms with E-state index in [9.17, 15) is 0 Å². The summed E-state index contributed by atoms with van der Waals surface area (Å²) in [4.78, 5) is 0. The Hall–Kier alpha value is -0.0400. The quantitative estimate of drug-likeness (QED) is 0.357. The Bertz CT molecular complexity index is 114. The highest BCUT2D eigenvalue weighted by atomic mass is 79.9. The molecule has 0 aromatic heterocycles. The number of halogens is 1. The largest absolute Gasteiger partial charge is 0.0925 e. The number of alkyl halides is 1. The van der Waals surface area contributed by atoms with Gasteiger partial charge in [0.25, 0.3) is 0 Å². The molecule has 0 saturated carbocycles. The van der Waals surface area contributed by atoms with Crippen LogP contribution in [-0.2, 0) is 0 Å². The summed E-state index contributed by atoms with van der Waals surface area (Å²) < 4.78 is 0. The van der Waals surface area contributed by atoms with E-state index in [4.69, 9.17) is 0 Å². The molecule has 0 aromatic rings. The molecule has 0 aliphatic heterocycles. The summed E-state index contributed by atoms with van der Waals surface area (Å²) in [6, 6.07) is 0. The maximum Gasteiger partial charge on any atom is 0.00660 e. The van der Waals surface area contributed by atoms with E-state index >= 15 is 0 Å². The van der Waals surface area contributed by atoms with Crippen LogP contribution in [0.4, 0.5) is 0 Å². The third kappa shape index (κ3) is 9.96. The van der Waals surface area contributed by atoms with Gasteiger partial charge in [0.05, 0.1) is 0 Å². The standard InChI is InChI=1S/C10H17Br/c1-2-3-4-5-6-7-8-9-10-11/h5-8H,2-4,9-10H2,1H3. The molecule has 0 aromatic carbocycles. The molecule has 0 heterocycles. The molecule has 0 nitrogen and oxygen atoms in total. The van der Waals surface area contributed by atoms with Gasteiger partial charge in [0, 0.05) is 5.33 Å². The van der Waals surface area contributed by atoms with Gasteiger partial charge in [0.1, 0.15) is 0 Å². The van der Waals surface area contributed by atoms with Crippen molar-refractivity contribution in [3.63, 3.8) is 0 Å². The molecule has 64 valence electrons. The van der Waals surface area contributed by atoms with Crippen molar-refractivity contribution >= 4 is 15.9 Å². The van der Waals surface area contributed by atoms with Gasteiger partial charge < -0.3 is 0 Å². The van der Waals surface area contributed by atoms with E-state index in [1.807, 2.05) is 0 Å². The predicted octanol–water partition coefficient (Wildman–Crippen LogP) is 4.07. The van der Waals surface area contributed by atoms with E-state index in [1.165, 1.54) is 19.3 Å². The average Bonchev–Trinajstić information content (AvgIpc) is 2.03. The van der Waals surface area contributed by atoms with Crippen molar-refractivity contribution in [2.45, 2.75) is 32.6 Å². The van der Waals surface area contributed by atoms with Crippen LogP contribution in [0.5, 0.6) is 0 Å². The van der Waals surface area contributed by atoms with Crippen LogP contribution in [0.15, 0.2) is 24.3 Å². The molecule has 0 N–H and O–H groups in total. The lowest BCUT2D eigenvalue weighted by Crippen LogP contribution is -1.66.